The van der Waals surface area contributed by atoms with Crippen LogP contribution in [-0.2, 0) is 9.47 Å². The molecule has 0 bridgehead atoms. The van der Waals surface area contributed by atoms with Gasteiger partial charge in [0.1, 0.15) is 0 Å². The standard InChI is InChI=1S/C17H22O3/c1-12-4-3-5-15(13(12)2)16(18)14-6-8-20-17(10-14)7-9-19-11-17/h3-5,14H,6-11H2,1-2H3. The van der Waals surface area contributed by atoms with Crippen molar-refractivity contribution in [1.29, 1.82) is 0 Å². The number of hydrogen-bond acceptors (Lipinski definition) is 3. The average molecular weight is 274 g/mol. The molecule has 0 aliphatic carbocycles. The van der Waals surface area contributed by atoms with Gasteiger partial charge in [0.2, 0.25) is 0 Å². The molecule has 3 rings (SSSR count). The predicted molar refractivity (Wildman–Crippen MR) is 77.1 cm³/mol. The third kappa shape index (κ3) is 2.40. The number of carbonyl (C=O) groups is 1. The van der Waals surface area contributed by atoms with E-state index in [0.717, 1.165) is 37.0 Å². The first-order chi connectivity index (χ1) is 9.61. The molecule has 0 radical (unpaired) electrons. The molecule has 108 valence electrons. The highest BCUT2D eigenvalue weighted by Gasteiger charge is 2.43. The Morgan fingerprint density at radius 2 is 2.15 bits per heavy atom. The maximum atomic E-state index is 12.8. The first-order valence-corrected chi connectivity index (χ1v) is 7.43. The van der Waals surface area contributed by atoms with Crippen LogP contribution in [0.3, 0.4) is 0 Å². The summed E-state index contributed by atoms with van der Waals surface area (Å²) < 4.78 is 11.4. The molecule has 1 spiro atoms. The molecule has 3 nitrogen and oxygen atoms in total. The molecule has 2 aliphatic heterocycles. The molecular formula is C17H22O3. The molecule has 0 amide bonds. The van der Waals surface area contributed by atoms with Crippen LogP contribution in [0.4, 0.5) is 0 Å². The SMILES string of the molecule is Cc1cccc(C(=O)C2CCOC3(CCOC3)C2)c1C. The van der Waals surface area contributed by atoms with Crippen LogP contribution in [0, 0.1) is 19.8 Å². The summed E-state index contributed by atoms with van der Waals surface area (Å²) in [6.45, 7) is 6.16. The van der Waals surface area contributed by atoms with E-state index in [4.69, 9.17) is 9.47 Å². The van der Waals surface area contributed by atoms with E-state index in [1.54, 1.807) is 0 Å². The lowest BCUT2D eigenvalue weighted by molar-refractivity contribution is -0.0920. The number of rotatable bonds is 2. The Morgan fingerprint density at radius 1 is 1.30 bits per heavy atom. The molecule has 0 saturated carbocycles. The topological polar surface area (TPSA) is 35.5 Å². The van der Waals surface area contributed by atoms with Gasteiger partial charge in [-0.1, -0.05) is 18.2 Å². The molecule has 2 aliphatic rings. The van der Waals surface area contributed by atoms with E-state index in [2.05, 4.69) is 13.0 Å². The predicted octanol–water partition coefficient (Wildman–Crippen LogP) is 3.07. The molecule has 2 unspecified atom stereocenters. The van der Waals surface area contributed by atoms with Gasteiger partial charge in [0.25, 0.3) is 0 Å². The number of ketones is 1. The van der Waals surface area contributed by atoms with Crippen molar-refractivity contribution in [2.75, 3.05) is 19.8 Å². The normalized spacial score (nSPS) is 29.8. The zero-order chi connectivity index (χ0) is 14.2. The summed E-state index contributed by atoms with van der Waals surface area (Å²) in [5.74, 6) is 0.353. The summed E-state index contributed by atoms with van der Waals surface area (Å²) in [5, 5.41) is 0. The highest BCUT2D eigenvalue weighted by molar-refractivity contribution is 5.99. The third-order valence-electron chi connectivity index (χ3n) is 4.80. The van der Waals surface area contributed by atoms with Crippen LogP contribution in [0.15, 0.2) is 18.2 Å². The van der Waals surface area contributed by atoms with E-state index < -0.39 is 0 Å². The highest BCUT2D eigenvalue weighted by atomic mass is 16.6. The fourth-order valence-electron chi connectivity index (χ4n) is 3.35. The largest absolute Gasteiger partial charge is 0.378 e. The zero-order valence-corrected chi connectivity index (χ0v) is 12.3. The molecule has 1 aromatic carbocycles. The lowest BCUT2D eigenvalue weighted by Crippen LogP contribution is -2.42. The zero-order valence-electron chi connectivity index (χ0n) is 12.3. The fraction of sp³-hybridized carbons (Fsp3) is 0.588. The van der Waals surface area contributed by atoms with Crippen LogP contribution in [0.2, 0.25) is 0 Å². The van der Waals surface area contributed by atoms with Crippen molar-refractivity contribution in [3.63, 3.8) is 0 Å². The van der Waals surface area contributed by atoms with Crippen LogP contribution in [0.5, 0.6) is 0 Å². The molecular weight excluding hydrogens is 252 g/mol. The van der Waals surface area contributed by atoms with Gasteiger partial charge in [0, 0.05) is 31.1 Å². The third-order valence-corrected chi connectivity index (χ3v) is 4.80. The van der Waals surface area contributed by atoms with Crippen LogP contribution in [-0.4, -0.2) is 31.2 Å². The van der Waals surface area contributed by atoms with Crippen molar-refractivity contribution in [3.05, 3.63) is 34.9 Å². The summed E-state index contributed by atoms with van der Waals surface area (Å²) in [6, 6.07) is 5.99. The fourth-order valence-corrected chi connectivity index (χ4v) is 3.35. The number of aryl methyl sites for hydroxylation is 1. The van der Waals surface area contributed by atoms with Gasteiger partial charge in [0.15, 0.2) is 5.78 Å². The molecule has 20 heavy (non-hydrogen) atoms. The molecule has 0 N–H and O–H groups in total. The Hall–Kier alpha value is -1.19. The van der Waals surface area contributed by atoms with Gasteiger partial charge in [-0.05, 0) is 37.8 Å². The summed E-state index contributed by atoms with van der Waals surface area (Å²) >= 11 is 0. The molecule has 2 fully saturated rings. The number of benzene rings is 1. The number of hydrogen-bond donors (Lipinski definition) is 0. The first-order valence-electron chi connectivity index (χ1n) is 7.43. The Labute approximate surface area is 120 Å². The molecule has 1 aromatic rings. The molecule has 0 aromatic heterocycles. The minimum atomic E-state index is -0.198. The summed E-state index contributed by atoms with van der Waals surface area (Å²) in [6.07, 6.45) is 2.55. The van der Waals surface area contributed by atoms with Crippen molar-refractivity contribution >= 4 is 5.78 Å². The maximum Gasteiger partial charge on any atom is 0.166 e. The van der Waals surface area contributed by atoms with Crippen molar-refractivity contribution < 1.29 is 14.3 Å². The number of Topliss-reactive ketones (excluding diaryl/α,β-unsaturated/α-hetero) is 1. The Kier molecular flexibility index (Phi) is 3.65. The number of carbonyl (C=O) groups excluding carboxylic acids is 1. The highest BCUT2D eigenvalue weighted by Crippen LogP contribution is 2.37. The van der Waals surface area contributed by atoms with E-state index in [0.29, 0.717) is 13.2 Å². The quantitative estimate of drug-likeness (QED) is 0.777. The second-order valence-corrected chi connectivity index (χ2v) is 6.14. The first kappa shape index (κ1) is 13.8. The molecule has 3 heteroatoms. The lowest BCUT2D eigenvalue weighted by Gasteiger charge is -2.36. The maximum absolute atomic E-state index is 12.8. The Bertz CT molecular complexity index is 515. The van der Waals surface area contributed by atoms with Crippen molar-refractivity contribution in [1.82, 2.24) is 0 Å². The van der Waals surface area contributed by atoms with E-state index in [-0.39, 0.29) is 17.3 Å². The van der Waals surface area contributed by atoms with Crippen molar-refractivity contribution in [3.8, 4) is 0 Å². The van der Waals surface area contributed by atoms with Crippen LogP contribution in [0.25, 0.3) is 0 Å². The van der Waals surface area contributed by atoms with E-state index in [9.17, 15) is 4.79 Å². The van der Waals surface area contributed by atoms with Crippen molar-refractivity contribution in [2.45, 2.75) is 38.7 Å². The van der Waals surface area contributed by atoms with E-state index in [1.165, 1.54) is 5.56 Å². The van der Waals surface area contributed by atoms with Gasteiger partial charge in [-0.15, -0.1) is 0 Å². The summed E-state index contributed by atoms with van der Waals surface area (Å²) in [5.41, 5.74) is 2.98. The van der Waals surface area contributed by atoms with Crippen LogP contribution >= 0.6 is 0 Å². The van der Waals surface area contributed by atoms with Crippen LogP contribution < -0.4 is 0 Å². The number of ether oxygens (including phenoxy) is 2. The average Bonchev–Trinajstić information content (AvgIpc) is 2.89. The van der Waals surface area contributed by atoms with E-state index in [1.807, 2.05) is 19.1 Å². The molecule has 2 saturated heterocycles. The van der Waals surface area contributed by atoms with E-state index >= 15 is 0 Å². The minimum absolute atomic E-state index is 0.0750. The Morgan fingerprint density at radius 3 is 2.90 bits per heavy atom. The summed E-state index contributed by atoms with van der Waals surface area (Å²) in [4.78, 5) is 12.8. The van der Waals surface area contributed by atoms with Crippen molar-refractivity contribution in [2.24, 2.45) is 5.92 Å². The lowest BCUT2D eigenvalue weighted by atomic mass is 9.80. The second-order valence-electron chi connectivity index (χ2n) is 6.14. The monoisotopic (exact) mass is 274 g/mol. The van der Waals surface area contributed by atoms with Gasteiger partial charge >= 0.3 is 0 Å². The van der Waals surface area contributed by atoms with Gasteiger partial charge in [-0.3, -0.25) is 4.79 Å². The van der Waals surface area contributed by atoms with Gasteiger partial charge in [-0.25, -0.2) is 0 Å². The summed E-state index contributed by atoms with van der Waals surface area (Å²) in [7, 11) is 0. The Balaban J connectivity index is 1.81. The minimum Gasteiger partial charge on any atom is -0.378 e. The van der Waals surface area contributed by atoms with Crippen LogP contribution in [0.1, 0.15) is 40.7 Å². The van der Waals surface area contributed by atoms with Gasteiger partial charge < -0.3 is 9.47 Å². The second kappa shape index (κ2) is 5.30. The van der Waals surface area contributed by atoms with Gasteiger partial charge in [0.05, 0.1) is 12.2 Å². The smallest absolute Gasteiger partial charge is 0.166 e. The van der Waals surface area contributed by atoms with Gasteiger partial charge in [-0.2, -0.15) is 0 Å². The molecule has 2 atom stereocenters. The molecule has 2 heterocycles.